The van der Waals surface area contributed by atoms with Crippen LogP contribution >= 0.6 is 11.8 Å². The molecule has 7 nitrogen and oxygen atoms in total. The van der Waals surface area contributed by atoms with Crippen molar-refractivity contribution in [3.8, 4) is 17.2 Å². The Bertz CT molecular complexity index is 928. The van der Waals surface area contributed by atoms with Crippen LogP contribution in [0.25, 0.3) is 0 Å². The predicted octanol–water partition coefficient (Wildman–Crippen LogP) is 3.57. The third kappa shape index (κ3) is 4.89. The zero-order valence-electron chi connectivity index (χ0n) is 16.8. The Balaban J connectivity index is 1.77. The molecule has 0 bridgehead atoms. The average Bonchev–Trinajstić information content (AvgIpc) is 3.01. The number of nitrogens with zero attached hydrogens (tertiary/aromatic N) is 3. The highest BCUT2D eigenvalue weighted by atomic mass is 32.2. The van der Waals surface area contributed by atoms with Gasteiger partial charge in [-0.05, 0) is 48.4 Å². The topological polar surface area (TPSA) is 72.7 Å². The van der Waals surface area contributed by atoms with Gasteiger partial charge in [0.25, 0.3) is 0 Å². The Morgan fingerprint density at radius 1 is 1.03 bits per heavy atom. The van der Waals surface area contributed by atoms with Gasteiger partial charge in [0.1, 0.15) is 5.75 Å². The molecule has 1 atom stereocenters. The summed E-state index contributed by atoms with van der Waals surface area (Å²) in [7, 11) is 4.79. The number of thioether (sulfide) groups is 1. The summed E-state index contributed by atoms with van der Waals surface area (Å²) < 4.78 is 15.7. The van der Waals surface area contributed by atoms with Crippen molar-refractivity contribution < 1.29 is 19.0 Å². The maximum atomic E-state index is 12.5. The molecule has 1 aliphatic rings. The first-order valence-corrected chi connectivity index (χ1v) is 9.87. The van der Waals surface area contributed by atoms with Crippen molar-refractivity contribution in [3.63, 3.8) is 0 Å². The molecule has 1 heterocycles. The van der Waals surface area contributed by atoms with Crippen LogP contribution in [0.3, 0.4) is 0 Å². The molecule has 8 heteroatoms. The Labute approximate surface area is 174 Å². The van der Waals surface area contributed by atoms with Crippen LogP contribution in [0.5, 0.6) is 17.2 Å². The first-order chi connectivity index (χ1) is 14.0. The van der Waals surface area contributed by atoms with E-state index in [0.29, 0.717) is 23.2 Å². The van der Waals surface area contributed by atoms with E-state index in [4.69, 9.17) is 14.2 Å². The second kappa shape index (κ2) is 9.47. The summed E-state index contributed by atoms with van der Waals surface area (Å²) >= 11 is 1.40. The highest BCUT2D eigenvalue weighted by molar-refractivity contribution is 8.15. The minimum Gasteiger partial charge on any atom is -0.497 e. The Kier molecular flexibility index (Phi) is 6.77. The van der Waals surface area contributed by atoms with Crippen LogP contribution in [-0.2, 0) is 11.3 Å². The third-order valence-electron chi connectivity index (χ3n) is 4.38. The summed E-state index contributed by atoms with van der Waals surface area (Å²) in [4.78, 5) is 14.2. The van der Waals surface area contributed by atoms with Gasteiger partial charge in [-0.2, -0.15) is 5.10 Å². The summed E-state index contributed by atoms with van der Waals surface area (Å²) in [5, 5.41) is 8.85. The molecule has 0 spiro atoms. The van der Waals surface area contributed by atoms with E-state index in [0.717, 1.165) is 16.9 Å². The predicted molar refractivity (Wildman–Crippen MR) is 115 cm³/mol. The maximum Gasteiger partial charge on any atom is 0.242 e. The number of amides is 1. The van der Waals surface area contributed by atoms with Gasteiger partial charge in [-0.1, -0.05) is 23.9 Å². The van der Waals surface area contributed by atoms with Crippen LogP contribution in [0, 0.1) is 0 Å². The van der Waals surface area contributed by atoms with E-state index in [9.17, 15) is 4.79 Å². The maximum absolute atomic E-state index is 12.5. The Hall–Kier alpha value is -3.00. The lowest BCUT2D eigenvalue weighted by atomic mass is 10.2. The van der Waals surface area contributed by atoms with Crippen LogP contribution in [-0.4, -0.2) is 48.8 Å². The number of benzene rings is 2. The van der Waals surface area contributed by atoms with Crippen LogP contribution in [0.4, 0.5) is 0 Å². The molecular weight excluding hydrogens is 390 g/mol. The lowest BCUT2D eigenvalue weighted by Crippen LogP contribution is -2.30. The Morgan fingerprint density at radius 3 is 2.41 bits per heavy atom. The summed E-state index contributed by atoms with van der Waals surface area (Å²) in [6.07, 6.45) is 1.62. The molecule has 0 saturated carbocycles. The zero-order valence-corrected chi connectivity index (χ0v) is 17.6. The van der Waals surface area contributed by atoms with Gasteiger partial charge in [-0.15, -0.1) is 5.10 Å². The summed E-state index contributed by atoms with van der Waals surface area (Å²) in [6.45, 7) is 2.31. The fourth-order valence-corrected chi connectivity index (χ4v) is 3.72. The first-order valence-electron chi connectivity index (χ1n) is 8.99. The van der Waals surface area contributed by atoms with Crippen molar-refractivity contribution in [2.75, 3.05) is 21.3 Å². The van der Waals surface area contributed by atoms with Gasteiger partial charge < -0.3 is 14.2 Å². The SMILES string of the molecule is COc1ccc(CN2C(=O)[C@@H](C)S/C2=N/N=C\c2ccc(OC)c(OC)c2)cc1. The molecule has 0 unspecified atom stereocenters. The van der Waals surface area contributed by atoms with Gasteiger partial charge in [0.2, 0.25) is 5.91 Å². The number of hydrogen-bond acceptors (Lipinski definition) is 7. The monoisotopic (exact) mass is 413 g/mol. The minimum absolute atomic E-state index is 0.0193. The minimum atomic E-state index is -0.191. The molecule has 3 rings (SSSR count). The van der Waals surface area contributed by atoms with Gasteiger partial charge in [0.05, 0.1) is 39.3 Å². The van der Waals surface area contributed by atoms with Crippen LogP contribution in [0.2, 0.25) is 0 Å². The molecule has 0 aliphatic carbocycles. The standard InChI is InChI=1S/C21H23N3O4S/c1-14-20(25)24(13-15-5-8-17(26-2)9-6-15)21(29-14)23-22-12-16-7-10-18(27-3)19(11-16)28-4/h5-12,14H,13H2,1-4H3/b22-12-,23-21+/t14-/m1/s1. The van der Waals surface area contributed by atoms with E-state index in [-0.39, 0.29) is 11.2 Å². The second-order valence-corrected chi connectivity index (χ2v) is 7.58. The summed E-state index contributed by atoms with van der Waals surface area (Å²) in [5.74, 6) is 2.06. The van der Waals surface area contributed by atoms with Crippen molar-refractivity contribution in [3.05, 3.63) is 53.6 Å². The molecule has 0 N–H and O–H groups in total. The van der Waals surface area contributed by atoms with Gasteiger partial charge in [0.15, 0.2) is 16.7 Å². The largest absolute Gasteiger partial charge is 0.497 e. The van der Waals surface area contributed by atoms with Crippen molar-refractivity contribution in [2.45, 2.75) is 18.7 Å². The molecule has 1 amide bonds. The smallest absolute Gasteiger partial charge is 0.242 e. The number of carbonyl (C=O) groups excluding carboxylic acids is 1. The average molecular weight is 413 g/mol. The third-order valence-corrected chi connectivity index (χ3v) is 5.45. The number of carbonyl (C=O) groups is 1. The highest BCUT2D eigenvalue weighted by Crippen LogP contribution is 2.29. The van der Waals surface area contributed by atoms with E-state index in [1.54, 1.807) is 38.5 Å². The van der Waals surface area contributed by atoms with E-state index >= 15 is 0 Å². The fourth-order valence-electron chi connectivity index (χ4n) is 2.80. The summed E-state index contributed by atoms with van der Waals surface area (Å²) in [5.41, 5.74) is 1.81. The lowest BCUT2D eigenvalue weighted by Gasteiger charge is -2.15. The lowest BCUT2D eigenvalue weighted by molar-refractivity contribution is -0.126. The van der Waals surface area contributed by atoms with E-state index in [1.165, 1.54) is 11.8 Å². The molecule has 1 saturated heterocycles. The van der Waals surface area contributed by atoms with Crippen molar-refractivity contribution in [1.29, 1.82) is 0 Å². The molecule has 29 heavy (non-hydrogen) atoms. The second-order valence-electron chi connectivity index (χ2n) is 6.27. The van der Waals surface area contributed by atoms with Gasteiger partial charge >= 0.3 is 0 Å². The quantitative estimate of drug-likeness (QED) is 0.513. The van der Waals surface area contributed by atoms with E-state index < -0.39 is 0 Å². The molecule has 0 radical (unpaired) electrons. The van der Waals surface area contributed by atoms with E-state index in [1.807, 2.05) is 43.3 Å². The molecule has 1 aliphatic heterocycles. The molecular formula is C21H23N3O4S. The summed E-state index contributed by atoms with van der Waals surface area (Å²) in [6, 6.07) is 13.1. The number of ether oxygens (including phenoxy) is 3. The van der Waals surface area contributed by atoms with E-state index in [2.05, 4.69) is 10.2 Å². The zero-order chi connectivity index (χ0) is 20.8. The van der Waals surface area contributed by atoms with Gasteiger partial charge in [-0.25, -0.2) is 0 Å². The molecule has 2 aromatic carbocycles. The van der Waals surface area contributed by atoms with Crippen LogP contribution in [0.15, 0.2) is 52.7 Å². The number of hydrogen-bond donors (Lipinski definition) is 0. The molecule has 2 aromatic rings. The van der Waals surface area contributed by atoms with Gasteiger partial charge in [-0.3, -0.25) is 9.69 Å². The molecule has 0 aromatic heterocycles. The molecule has 152 valence electrons. The van der Waals surface area contributed by atoms with Crippen molar-refractivity contribution in [2.24, 2.45) is 10.2 Å². The number of rotatable bonds is 7. The number of methoxy groups -OCH3 is 3. The highest BCUT2D eigenvalue weighted by Gasteiger charge is 2.35. The van der Waals surface area contributed by atoms with Crippen molar-refractivity contribution in [1.82, 2.24) is 4.90 Å². The number of amidine groups is 1. The first kappa shape index (κ1) is 20.7. The van der Waals surface area contributed by atoms with Crippen LogP contribution < -0.4 is 14.2 Å². The van der Waals surface area contributed by atoms with Crippen molar-refractivity contribution >= 4 is 29.1 Å². The molecule has 1 fully saturated rings. The normalized spacial score (nSPS) is 17.9. The fraction of sp³-hybridized carbons (Fsp3) is 0.286. The van der Waals surface area contributed by atoms with Gasteiger partial charge in [0, 0.05) is 0 Å². The van der Waals surface area contributed by atoms with Crippen LogP contribution in [0.1, 0.15) is 18.1 Å². The Morgan fingerprint density at radius 2 is 1.76 bits per heavy atom.